The molecule has 0 saturated carbocycles. The third-order valence-corrected chi connectivity index (χ3v) is 4.08. The first kappa shape index (κ1) is 18.2. The van der Waals surface area contributed by atoms with E-state index in [-0.39, 0.29) is 5.91 Å². The minimum absolute atomic E-state index is 0.299. The molecule has 1 aromatic heterocycles. The van der Waals surface area contributed by atoms with Crippen LogP contribution < -0.4 is 10.6 Å². The number of hydrogen-bond donors (Lipinski definition) is 2. The summed E-state index contributed by atoms with van der Waals surface area (Å²) in [6.07, 6.45) is 0. The number of aryl methyl sites for hydroxylation is 2. The molecule has 2 aromatic carbocycles. The van der Waals surface area contributed by atoms with Crippen LogP contribution in [0.15, 0.2) is 48.5 Å². The van der Waals surface area contributed by atoms with Gasteiger partial charge in [0.15, 0.2) is 0 Å². The Hall–Kier alpha value is -2.63. The van der Waals surface area contributed by atoms with E-state index in [9.17, 15) is 4.79 Å². The summed E-state index contributed by atoms with van der Waals surface area (Å²) in [5.41, 5.74) is 3.49. The summed E-state index contributed by atoms with van der Waals surface area (Å²) in [6.45, 7) is 3.82. The average molecular weight is 387 g/mol. The Morgan fingerprint density at radius 2 is 1.62 bits per heavy atom. The van der Waals surface area contributed by atoms with Crippen LogP contribution in [-0.4, -0.2) is 15.9 Å². The highest BCUT2D eigenvalue weighted by Gasteiger charge is 2.11. The van der Waals surface area contributed by atoms with Crippen molar-refractivity contribution >= 4 is 46.4 Å². The van der Waals surface area contributed by atoms with Gasteiger partial charge in [0.1, 0.15) is 0 Å². The van der Waals surface area contributed by atoms with Crippen molar-refractivity contribution in [3.63, 3.8) is 0 Å². The summed E-state index contributed by atoms with van der Waals surface area (Å²) in [4.78, 5) is 21.1. The Labute approximate surface area is 161 Å². The lowest BCUT2D eigenvalue weighted by Gasteiger charge is -2.10. The van der Waals surface area contributed by atoms with Crippen molar-refractivity contribution in [2.24, 2.45) is 0 Å². The lowest BCUT2D eigenvalue weighted by Crippen LogP contribution is -2.12. The summed E-state index contributed by atoms with van der Waals surface area (Å²) < 4.78 is 0. The second-order valence-corrected chi connectivity index (χ2v) is 6.60. The van der Waals surface area contributed by atoms with E-state index in [1.165, 1.54) is 6.07 Å². The zero-order valence-electron chi connectivity index (χ0n) is 14.2. The first-order chi connectivity index (χ1) is 12.4. The van der Waals surface area contributed by atoms with Gasteiger partial charge in [-0.2, -0.15) is 0 Å². The predicted molar refractivity (Wildman–Crippen MR) is 106 cm³/mol. The number of nitrogens with zero attached hydrogens (tertiary/aromatic N) is 2. The molecule has 5 nitrogen and oxygen atoms in total. The molecule has 0 unspecified atom stereocenters. The highest BCUT2D eigenvalue weighted by molar-refractivity contribution is 6.37. The normalized spacial score (nSPS) is 10.5. The molecule has 7 heteroatoms. The number of aromatic nitrogens is 2. The van der Waals surface area contributed by atoms with E-state index in [4.69, 9.17) is 23.2 Å². The fourth-order valence-corrected chi connectivity index (χ4v) is 2.95. The van der Waals surface area contributed by atoms with E-state index in [1.54, 1.807) is 24.3 Å². The monoisotopic (exact) mass is 386 g/mol. The molecular weight excluding hydrogens is 371 g/mol. The quantitative estimate of drug-likeness (QED) is 0.629. The van der Waals surface area contributed by atoms with Crippen LogP contribution in [0, 0.1) is 13.8 Å². The highest BCUT2D eigenvalue weighted by atomic mass is 35.5. The summed E-state index contributed by atoms with van der Waals surface area (Å²) >= 11 is 12.0. The number of nitrogens with one attached hydrogen (secondary N) is 2. The van der Waals surface area contributed by atoms with Gasteiger partial charge >= 0.3 is 0 Å². The predicted octanol–water partition coefficient (Wildman–Crippen LogP) is 5.40. The number of anilines is 3. The van der Waals surface area contributed by atoms with Crippen molar-refractivity contribution < 1.29 is 4.79 Å². The van der Waals surface area contributed by atoms with E-state index >= 15 is 0 Å². The van der Waals surface area contributed by atoms with Gasteiger partial charge in [-0.05, 0) is 56.3 Å². The van der Waals surface area contributed by atoms with Crippen LogP contribution >= 0.6 is 23.2 Å². The van der Waals surface area contributed by atoms with E-state index in [0.29, 0.717) is 27.2 Å². The highest BCUT2D eigenvalue weighted by Crippen LogP contribution is 2.23. The Kier molecular flexibility index (Phi) is 5.40. The molecule has 0 saturated heterocycles. The van der Waals surface area contributed by atoms with Crippen molar-refractivity contribution in [1.82, 2.24) is 9.97 Å². The second-order valence-electron chi connectivity index (χ2n) is 5.76. The van der Waals surface area contributed by atoms with Gasteiger partial charge < -0.3 is 10.6 Å². The SMILES string of the molecule is Cc1cc(C)nc(Nc2cccc(NC(=O)c3ccc(Cl)cc3Cl)c2)n1. The van der Waals surface area contributed by atoms with Gasteiger partial charge in [0.05, 0.1) is 10.6 Å². The topological polar surface area (TPSA) is 66.9 Å². The maximum Gasteiger partial charge on any atom is 0.257 e. The zero-order valence-corrected chi connectivity index (χ0v) is 15.7. The van der Waals surface area contributed by atoms with Gasteiger partial charge in [-0.1, -0.05) is 29.3 Å². The Balaban J connectivity index is 1.77. The van der Waals surface area contributed by atoms with Gasteiger partial charge in [-0.3, -0.25) is 4.79 Å². The van der Waals surface area contributed by atoms with Crippen LogP contribution in [-0.2, 0) is 0 Å². The van der Waals surface area contributed by atoms with Crippen LogP contribution in [0.5, 0.6) is 0 Å². The summed E-state index contributed by atoms with van der Waals surface area (Å²) in [5, 5.41) is 6.74. The maximum absolute atomic E-state index is 12.4. The second kappa shape index (κ2) is 7.72. The third kappa shape index (κ3) is 4.50. The van der Waals surface area contributed by atoms with E-state index in [2.05, 4.69) is 20.6 Å². The molecule has 0 aliphatic carbocycles. The smallest absolute Gasteiger partial charge is 0.257 e. The molecule has 0 atom stereocenters. The van der Waals surface area contributed by atoms with Crippen LogP contribution in [0.1, 0.15) is 21.7 Å². The van der Waals surface area contributed by atoms with Crippen LogP contribution in [0.25, 0.3) is 0 Å². The minimum atomic E-state index is -0.313. The number of benzene rings is 2. The van der Waals surface area contributed by atoms with E-state index in [0.717, 1.165) is 17.1 Å². The number of carbonyl (C=O) groups excluding carboxylic acids is 1. The molecule has 1 heterocycles. The molecule has 0 aliphatic heterocycles. The van der Waals surface area contributed by atoms with Crippen molar-refractivity contribution in [2.45, 2.75) is 13.8 Å². The molecule has 0 fully saturated rings. The number of rotatable bonds is 4. The molecule has 0 aliphatic rings. The Bertz CT molecular complexity index is 955. The number of halogens is 2. The number of hydrogen-bond acceptors (Lipinski definition) is 4. The first-order valence-electron chi connectivity index (χ1n) is 7.86. The van der Waals surface area contributed by atoms with Crippen molar-refractivity contribution in [3.8, 4) is 0 Å². The van der Waals surface area contributed by atoms with Crippen LogP contribution in [0.3, 0.4) is 0 Å². The maximum atomic E-state index is 12.4. The minimum Gasteiger partial charge on any atom is -0.324 e. The van der Waals surface area contributed by atoms with Crippen molar-refractivity contribution in [1.29, 1.82) is 0 Å². The van der Waals surface area contributed by atoms with Gasteiger partial charge in [-0.15, -0.1) is 0 Å². The average Bonchev–Trinajstić information content (AvgIpc) is 2.54. The van der Waals surface area contributed by atoms with Gasteiger partial charge in [0.2, 0.25) is 5.95 Å². The Morgan fingerprint density at radius 3 is 2.31 bits per heavy atom. The summed E-state index contributed by atoms with van der Waals surface area (Å²) in [6, 6.07) is 13.9. The number of amides is 1. The largest absolute Gasteiger partial charge is 0.324 e. The fourth-order valence-electron chi connectivity index (χ4n) is 2.46. The van der Waals surface area contributed by atoms with Crippen molar-refractivity contribution in [3.05, 3.63) is 75.5 Å². The van der Waals surface area contributed by atoms with E-state index in [1.807, 2.05) is 32.0 Å². The summed E-state index contributed by atoms with van der Waals surface area (Å²) in [5.74, 6) is 0.193. The molecule has 0 bridgehead atoms. The molecule has 0 radical (unpaired) electrons. The van der Waals surface area contributed by atoms with Gasteiger partial charge in [0, 0.05) is 27.8 Å². The lowest BCUT2D eigenvalue weighted by atomic mass is 10.2. The molecule has 132 valence electrons. The van der Waals surface area contributed by atoms with Crippen molar-refractivity contribution in [2.75, 3.05) is 10.6 Å². The molecule has 3 rings (SSSR count). The standard InChI is InChI=1S/C19H16Cl2N4O/c1-11-8-12(2)23-19(22-11)25-15-5-3-4-14(10-15)24-18(26)16-7-6-13(20)9-17(16)21/h3-10H,1-2H3,(H,24,26)(H,22,23,25). The first-order valence-corrected chi connectivity index (χ1v) is 8.62. The number of carbonyl (C=O) groups is 1. The lowest BCUT2D eigenvalue weighted by molar-refractivity contribution is 0.102. The molecule has 1 amide bonds. The summed E-state index contributed by atoms with van der Waals surface area (Å²) in [7, 11) is 0. The fraction of sp³-hybridized carbons (Fsp3) is 0.105. The molecule has 2 N–H and O–H groups in total. The molecule has 0 spiro atoms. The molecular formula is C19H16Cl2N4O. The molecule has 26 heavy (non-hydrogen) atoms. The van der Waals surface area contributed by atoms with Gasteiger partial charge in [-0.25, -0.2) is 9.97 Å². The third-order valence-electron chi connectivity index (χ3n) is 3.53. The van der Waals surface area contributed by atoms with Crippen LogP contribution in [0.2, 0.25) is 10.0 Å². The zero-order chi connectivity index (χ0) is 18.7. The van der Waals surface area contributed by atoms with Crippen LogP contribution in [0.4, 0.5) is 17.3 Å². The van der Waals surface area contributed by atoms with E-state index < -0.39 is 0 Å². The van der Waals surface area contributed by atoms with Gasteiger partial charge in [0.25, 0.3) is 5.91 Å². The molecule has 3 aromatic rings. The Morgan fingerprint density at radius 1 is 0.923 bits per heavy atom.